The van der Waals surface area contributed by atoms with Crippen molar-refractivity contribution in [2.45, 2.75) is 18.4 Å². The van der Waals surface area contributed by atoms with Crippen molar-refractivity contribution in [1.29, 1.82) is 0 Å². The van der Waals surface area contributed by atoms with Gasteiger partial charge in [-0.05, 0) is 17.7 Å². The third kappa shape index (κ3) is 3.80. The minimum Gasteiger partial charge on any atom is -0.271 e. The number of nitrogens with one attached hydrogen (secondary N) is 1. The molecule has 2 nitrogen and oxygen atoms in total. The highest BCUT2D eigenvalue weighted by Crippen LogP contribution is 2.46. The van der Waals surface area contributed by atoms with E-state index in [1.54, 1.807) is 0 Å². The highest BCUT2D eigenvalue weighted by molar-refractivity contribution is 5.21. The van der Waals surface area contributed by atoms with E-state index in [2.05, 4.69) is 0 Å². The van der Waals surface area contributed by atoms with Crippen LogP contribution >= 0.6 is 0 Å². The van der Waals surface area contributed by atoms with Gasteiger partial charge in [0, 0.05) is 0 Å². The topological polar surface area (TPSA) is 38.0 Å². The van der Waals surface area contributed by atoms with Gasteiger partial charge in [-0.15, -0.1) is 0 Å². The summed E-state index contributed by atoms with van der Waals surface area (Å²) in [4.78, 5) is 0. The molecular weight excluding hydrogens is 281 g/mol. The van der Waals surface area contributed by atoms with Crippen molar-refractivity contribution in [3.8, 4) is 0 Å². The van der Waals surface area contributed by atoms with Crippen LogP contribution in [0.5, 0.6) is 0 Å². The predicted octanol–water partition coefficient (Wildman–Crippen LogP) is 3.07. The molecule has 0 aliphatic rings. The molecule has 0 aliphatic heterocycles. The largest absolute Gasteiger partial charge is 0.402 e. The van der Waals surface area contributed by atoms with Crippen LogP contribution < -0.4 is 11.3 Å². The molecule has 0 aliphatic carbocycles. The summed E-state index contributed by atoms with van der Waals surface area (Å²) in [7, 11) is 0. The zero-order chi connectivity index (χ0) is 14.8. The number of rotatable bonds is 3. The fraction of sp³-hybridized carbons (Fsp3) is 0.400. The monoisotopic (exact) mass is 290 g/mol. The molecule has 0 heterocycles. The molecule has 19 heavy (non-hydrogen) atoms. The van der Waals surface area contributed by atoms with Crippen molar-refractivity contribution in [2.75, 3.05) is 0 Å². The Morgan fingerprint density at radius 2 is 1.53 bits per heavy atom. The summed E-state index contributed by atoms with van der Waals surface area (Å²) in [5, 5.41) is 0. The number of nitrogens with two attached hydrogens (primary N) is 1. The first-order valence-electron chi connectivity index (χ1n) is 4.92. The van der Waals surface area contributed by atoms with Gasteiger partial charge in [0.15, 0.2) is 5.92 Å². The van der Waals surface area contributed by atoms with E-state index in [-0.39, 0.29) is 0 Å². The standard InChI is InChI=1S/C10H9F7N2/c11-6-3-1-2-5(4-6)7(19-18)8(9(12,13)14)10(15,16)17/h1-4,7-8,19H,18H2. The van der Waals surface area contributed by atoms with E-state index in [1.165, 1.54) is 5.43 Å². The third-order valence-electron chi connectivity index (χ3n) is 2.43. The van der Waals surface area contributed by atoms with Crippen LogP contribution in [0.1, 0.15) is 11.6 Å². The van der Waals surface area contributed by atoms with Crippen molar-refractivity contribution in [3.63, 3.8) is 0 Å². The summed E-state index contributed by atoms with van der Waals surface area (Å²) in [6.45, 7) is 0. The van der Waals surface area contributed by atoms with Gasteiger partial charge >= 0.3 is 12.4 Å². The fourth-order valence-electron chi connectivity index (χ4n) is 1.65. The highest BCUT2D eigenvalue weighted by Gasteiger charge is 2.60. The lowest BCUT2D eigenvalue weighted by Crippen LogP contribution is -2.47. The second-order valence-electron chi connectivity index (χ2n) is 3.76. The number of benzene rings is 1. The van der Waals surface area contributed by atoms with E-state index >= 15 is 0 Å². The first-order chi connectivity index (χ1) is 8.57. The smallest absolute Gasteiger partial charge is 0.271 e. The van der Waals surface area contributed by atoms with E-state index < -0.39 is 35.7 Å². The van der Waals surface area contributed by atoms with Gasteiger partial charge < -0.3 is 0 Å². The summed E-state index contributed by atoms with van der Waals surface area (Å²) in [5.74, 6) is 0.0893. The third-order valence-corrected chi connectivity index (χ3v) is 2.43. The van der Waals surface area contributed by atoms with Crippen LogP contribution in [0.15, 0.2) is 24.3 Å². The molecule has 1 unspecified atom stereocenters. The average Bonchev–Trinajstić information content (AvgIpc) is 2.21. The van der Waals surface area contributed by atoms with Crippen molar-refractivity contribution in [3.05, 3.63) is 35.6 Å². The lowest BCUT2D eigenvalue weighted by molar-refractivity contribution is -0.292. The van der Waals surface area contributed by atoms with Crippen molar-refractivity contribution in [1.82, 2.24) is 5.43 Å². The number of halogens is 7. The van der Waals surface area contributed by atoms with Crippen molar-refractivity contribution < 1.29 is 30.7 Å². The molecule has 0 aromatic heterocycles. The molecule has 0 radical (unpaired) electrons. The van der Waals surface area contributed by atoms with E-state index in [0.717, 1.165) is 18.2 Å². The van der Waals surface area contributed by atoms with Crippen molar-refractivity contribution >= 4 is 0 Å². The van der Waals surface area contributed by atoms with Gasteiger partial charge in [-0.3, -0.25) is 11.3 Å². The Kier molecular flexibility index (Phi) is 4.41. The van der Waals surface area contributed by atoms with Crippen LogP contribution in [0.2, 0.25) is 0 Å². The SMILES string of the molecule is NNC(c1cccc(F)c1)C(C(F)(F)F)C(F)(F)F. The molecule has 3 N–H and O–H groups in total. The normalized spacial score (nSPS) is 14.8. The van der Waals surface area contributed by atoms with Crippen LogP contribution in [-0.4, -0.2) is 12.4 Å². The molecule has 108 valence electrons. The maximum atomic E-state index is 12.9. The van der Waals surface area contributed by atoms with Crippen LogP contribution in [0.25, 0.3) is 0 Å². The summed E-state index contributed by atoms with van der Waals surface area (Å²) in [6.07, 6.45) is -11.1. The predicted molar refractivity (Wildman–Crippen MR) is 52.1 cm³/mol. The molecule has 1 aromatic carbocycles. The average molecular weight is 290 g/mol. The Labute approximate surface area is 103 Å². The Morgan fingerprint density at radius 3 is 1.89 bits per heavy atom. The molecule has 1 atom stereocenters. The molecule has 0 amide bonds. The van der Waals surface area contributed by atoms with Gasteiger partial charge in [0.2, 0.25) is 0 Å². The number of hydrazine groups is 1. The van der Waals surface area contributed by atoms with Crippen LogP contribution in [0, 0.1) is 11.7 Å². The van der Waals surface area contributed by atoms with Crippen LogP contribution in [-0.2, 0) is 0 Å². The van der Waals surface area contributed by atoms with Gasteiger partial charge in [0.1, 0.15) is 5.82 Å². The number of hydrogen-bond acceptors (Lipinski definition) is 2. The van der Waals surface area contributed by atoms with Gasteiger partial charge in [0.05, 0.1) is 6.04 Å². The maximum Gasteiger partial charge on any atom is 0.402 e. The number of alkyl halides is 6. The summed E-state index contributed by atoms with van der Waals surface area (Å²) in [5.41, 5.74) is 0.912. The van der Waals surface area contributed by atoms with Gasteiger partial charge in [-0.1, -0.05) is 12.1 Å². The van der Waals surface area contributed by atoms with Crippen LogP contribution in [0.4, 0.5) is 30.7 Å². The van der Waals surface area contributed by atoms with Crippen LogP contribution in [0.3, 0.4) is 0 Å². The Balaban J connectivity index is 3.25. The van der Waals surface area contributed by atoms with E-state index in [0.29, 0.717) is 6.07 Å². The second-order valence-corrected chi connectivity index (χ2v) is 3.76. The highest BCUT2D eigenvalue weighted by atomic mass is 19.4. The zero-order valence-corrected chi connectivity index (χ0v) is 9.19. The molecule has 0 fully saturated rings. The van der Waals surface area contributed by atoms with Gasteiger partial charge in [0.25, 0.3) is 0 Å². The maximum absolute atomic E-state index is 12.9. The van der Waals surface area contributed by atoms with E-state index in [4.69, 9.17) is 5.84 Å². The first kappa shape index (κ1) is 15.7. The molecule has 1 rings (SSSR count). The molecule has 0 spiro atoms. The lowest BCUT2D eigenvalue weighted by Gasteiger charge is -2.30. The molecule has 0 saturated heterocycles. The minimum atomic E-state index is -5.57. The van der Waals surface area contributed by atoms with E-state index in [1.807, 2.05) is 0 Å². The summed E-state index contributed by atoms with van der Waals surface area (Å²) in [6, 6.07) is 1.06. The van der Waals surface area contributed by atoms with E-state index in [9.17, 15) is 30.7 Å². The van der Waals surface area contributed by atoms with Crippen molar-refractivity contribution in [2.24, 2.45) is 11.8 Å². The number of hydrogen-bond donors (Lipinski definition) is 2. The lowest BCUT2D eigenvalue weighted by atomic mass is 9.92. The fourth-order valence-corrected chi connectivity index (χ4v) is 1.65. The molecular formula is C10H9F7N2. The Bertz CT molecular complexity index is 413. The van der Waals surface area contributed by atoms with Gasteiger partial charge in [-0.2, -0.15) is 26.3 Å². The second kappa shape index (κ2) is 5.33. The van der Waals surface area contributed by atoms with Gasteiger partial charge in [-0.25, -0.2) is 4.39 Å². The summed E-state index contributed by atoms with van der Waals surface area (Å²) >= 11 is 0. The zero-order valence-electron chi connectivity index (χ0n) is 9.19. The molecule has 0 bridgehead atoms. The Morgan fingerprint density at radius 1 is 1.00 bits per heavy atom. The minimum absolute atomic E-state index is 0.540. The molecule has 1 aromatic rings. The summed E-state index contributed by atoms with van der Waals surface area (Å²) < 4.78 is 88.1. The quantitative estimate of drug-likeness (QED) is 0.510. The Hall–Kier alpha value is -1.35. The molecule has 9 heteroatoms. The molecule has 0 saturated carbocycles. The first-order valence-corrected chi connectivity index (χ1v) is 4.92.